The van der Waals surface area contributed by atoms with Crippen molar-refractivity contribution >= 4 is 0 Å². The highest BCUT2D eigenvalue weighted by molar-refractivity contribution is 4.97. The van der Waals surface area contributed by atoms with Crippen molar-refractivity contribution in [1.29, 1.82) is 0 Å². The van der Waals surface area contributed by atoms with Gasteiger partial charge in [-0.2, -0.15) is 0 Å². The monoisotopic (exact) mass is 174 g/mol. The zero-order valence-electron chi connectivity index (χ0n) is 8.07. The van der Waals surface area contributed by atoms with Gasteiger partial charge in [0.15, 0.2) is 0 Å². The molecule has 1 N–H and O–H groups in total. The molecule has 1 aliphatic rings. The Kier molecular flexibility index (Phi) is 3.47. The fourth-order valence-electron chi connectivity index (χ4n) is 1.75. The standard InChI is InChI=1S/C9H19FN2/c1-12(2)9(4-3-5-9)8-11-7-6-10/h11H,3-8H2,1-2H3. The normalized spacial score (nSPS) is 21.0. The number of hydrogen-bond acceptors (Lipinski definition) is 2. The van der Waals surface area contributed by atoms with Crippen LogP contribution in [0, 0.1) is 0 Å². The van der Waals surface area contributed by atoms with Crippen molar-refractivity contribution in [1.82, 2.24) is 10.2 Å². The van der Waals surface area contributed by atoms with Gasteiger partial charge >= 0.3 is 0 Å². The molecule has 0 bridgehead atoms. The number of halogens is 1. The van der Waals surface area contributed by atoms with Crippen LogP contribution in [0.3, 0.4) is 0 Å². The van der Waals surface area contributed by atoms with Crippen molar-refractivity contribution in [3.05, 3.63) is 0 Å². The van der Waals surface area contributed by atoms with E-state index in [9.17, 15) is 4.39 Å². The second-order valence-electron chi connectivity index (χ2n) is 3.84. The first-order valence-electron chi connectivity index (χ1n) is 4.65. The zero-order chi connectivity index (χ0) is 9.03. The van der Waals surface area contributed by atoms with E-state index < -0.39 is 0 Å². The molecule has 0 saturated heterocycles. The van der Waals surface area contributed by atoms with E-state index in [1.54, 1.807) is 0 Å². The predicted octanol–water partition coefficient (Wildman–Crippen LogP) is 1.03. The van der Waals surface area contributed by atoms with Crippen molar-refractivity contribution in [2.75, 3.05) is 33.9 Å². The molecule has 3 heteroatoms. The summed E-state index contributed by atoms with van der Waals surface area (Å²) in [5.74, 6) is 0. The summed E-state index contributed by atoms with van der Waals surface area (Å²) in [6.07, 6.45) is 3.81. The molecule has 0 aliphatic heterocycles. The third-order valence-corrected chi connectivity index (χ3v) is 2.96. The SMILES string of the molecule is CN(C)C1(CNCCF)CCC1. The molecule has 12 heavy (non-hydrogen) atoms. The summed E-state index contributed by atoms with van der Waals surface area (Å²) in [4.78, 5) is 2.27. The predicted molar refractivity (Wildman–Crippen MR) is 49.1 cm³/mol. The molecule has 0 aromatic rings. The van der Waals surface area contributed by atoms with E-state index in [0.717, 1.165) is 6.54 Å². The second kappa shape index (κ2) is 4.19. The third kappa shape index (κ3) is 1.96. The molecule has 0 aromatic carbocycles. The van der Waals surface area contributed by atoms with Gasteiger partial charge in [0.05, 0.1) is 0 Å². The molecule has 1 saturated carbocycles. The number of likely N-dealkylation sites (N-methyl/N-ethyl adjacent to an activating group) is 1. The number of rotatable bonds is 5. The van der Waals surface area contributed by atoms with Crippen LogP contribution in [0.15, 0.2) is 0 Å². The lowest BCUT2D eigenvalue weighted by atomic mass is 9.75. The first-order chi connectivity index (χ1) is 5.71. The van der Waals surface area contributed by atoms with Crippen LogP contribution in [0.5, 0.6) is 0 Å². The zero-order valence-corrected chi connectivity index (χ0v) is 8.07. The lowest BCUT2D eigenvalue weighted by Crippen LogP contribution is -2.56. The summed E-state index contributed by atoms with van der Waals surface area (Å²) in [6, 6.07) is 0. The number of alkyl halides is 1. The molecule has 72 valence electrons. The van der Waals surface area contributed by atoms with Crippen LogP contribution in [0.25, 0.3) is 0 Å². The molecule has 0 unspecified atom stereocenters. The summed E-state index contributed by atoms with van der Waals surface area (Å²) in [7, 11) is 4.21. The molecule has 0 amide bonds. The Labute approximate surface area is 74.1 Å². The third-order valence-electron chi connectivity index (χ3n) is 2.96. The Balaban J connectivity index is 2.25. The average Bonchev–Trinajstić information content (AvgIpc) is 1.94. The highest BCUT2D eigenvalue weighted by Gasteiger charge is 2.38. The summed E-state index contributed by atoms with van der Waals surface area (Å²) in [5.41, 5.74) is 0.329. The highest BCUT2D eigenvalue weighted by Crippen LogP contribution is 2.35. The average molecular weight is 174 g/mol. The van der Waals surface area contributed by atoms with Crippen molar-refractivity contribution in [3.63, 3.8) is 0 Å². The molecule has 1 rings (SSSR count). The van der Waals surface area contributed by atoms with E-state index in [1.165, 1.54) is 19.3 Å². The quantitative estimate of drug-likeness (QED) is 0.626. The first kappa shape index (κ1) is 9.93. The van der Waals surface area contributed by atoms with Gasteiger partial charge in [0.2, 0.25) is 0 Å². The Hall–Kier alpha value is -0.150. The molecule has 1 aliphatic carbocycles. The lowest BCUT2D eigenvalue weighted by Gasteiger charge is -2.47. The van der Waals surface area contributed by atoms with Crippen LogP contribution in [0.4, 0.5) is 4.39 Å². The lowest BCUT2D eigenvalue weighted by molar-refractivity contribution is 0.0599. The molecule has 0 atom stereocenters. The van der Waals surface area contributed by atoms with Crippen LogP contribution in [0.1, 0.15) is 19.3 Å². The van der Waals surface area contributed by atoms with E-state index >= 15 is 0 Å². The largest absolute Gasteiger partial charge is 0.312 e. The van der Waals surface area contributed by atoms with Gasteiger partial charge in [-0.1, -0.05) is 0 Å². The van der Waals surface area contributed by atoms with Crippen molar-refractivity contribution in [3.8, 4) is 0 Å². The second-order valence-corrected chi connectivity index (χ2v) is 3.84. The maximum atomic E-state index is 11.8. The summed E-state index contributed by atoms with van der Waals surface area (Å²) >= 11 is 0. The number of nitrogens with one attached hydrogen (secondary N) is 1. The van der Waals surface area contributed by atoms with E-state index in [1.807, 2.05) is 0 Å². The fourth-order valence-corrected chi connectivity index (χ4v) is 1.75. The fraction of sp³-hybridized carbons (Fsp3) is 1.00. The van der Waals surface area contributed by atoms with Crippen LogP contribution in [-0.4, -0.2) is 44.3 Å². The molecule has 1 fully saturated rings. The Bertz CT molecular complexity index is 132. The van der Waals surface area contributed by atoms with Crippen LogP contribution < -0.4 is 5.32 Å². The summed E-state index contributed by atoms with van der Waals surface area (Å²) < 4.78 is 11.8. The van der Waals surface area contributed by atoms with Crippen molar-refractivity contribution < 1.29 is 4.39 Å². The van der Waals surface area contributed by atoms with Gasteiger partial charge in [-0.3, -0.25) is 0 Å². The summed E-state index contributed by atoms with van der Waals surface area (Å²) in [5, 5.41) is 3.14. The molecule has 0 aromatic heterocycles. The van der Waals surface area contributed by atoms with Gasteiger partial charge in [-0.05, 0) is 33.4 Å². The van der Waals surface area contributed by atoms with Gasteiger partial charge < -0.3 is 10.2 Å². The smallest absolute Gasteiger partial charge is 0.102 e. The van der Waals surface area contributed by atoms with Crippen molar-refractivity contribution in [2.45, 2.75) is 24.8 Å². The maximum absolute atomic E-state index is 11.8. The molecule has 0 heterocycles. The number of hydrogen-bond donors (Lipinski definition) is 1. The Morgan fingerprint density at radius 3 is 2.42 bits per heavy atom. The molecule has 0 spiro atoms. The van der Waals surface area contributed by atoms with Gasteiger partial charge in [0, 0.05) is 18.6 Å². The van der Waals surface area contributed by atoms with E-state index in [4.69, 9.17) is 0 Å². The molecule has 0 radical (unpaired) electrons. The van der Waals surface area contributed by atoms with Gasteiger partial charge in [0.25, 0.3) is 0 Å². The minimum Gasteiger partial charge on any atom is -0.312 e. The Morgan fingerprint density at radius 2 is 2.08 bits per heavy atom. The van der Waals surface area contributed by atoms with Gasteiger partial charge in [-0.15, -0.1) is 0 Å². The van der Waals surface area contributed by atoms with Crippen LogP contribution >= 0.6 is 0 Å². The van der Waals surface area contributed by atoms with E-state index in [-0.39, 0.29) is 6.67 Å². The maximum Gasteiger partial charge on any atom is 0.102 e. The Morgan fingerprint density at radius 1 is 1.42 bits per heavy atom. The van der Waals surface area contributed by atoms with E-state index in [0.29, 0.717) is 12.1 Å². The highest BCUT2D eigenvalue weighted by atomic mass is 19.1. The molecule has 2 nitrogen and oxygen atoms in total. The number of nitrogens with zero attached hydrogens (tertiary/aromatic N) is 1. The van der Waals surface area contributed by atoms with Gasteiger partial charge in [0.1, 0.15) is 6.67 Å². The minimum absolute atomic E-state index is 0.260. The molecular formula is C9H19FN2. The topological polar surface area (TPSA) is 15.3 Å². The molecular weight excluding hydrogens is 155 g/mol. The van der Waals surface area contributed by atoms with E-state index in [2.05, 4.69) is 24.3 Å². The first-order valence-corrected chi connectivity index (χ1v) is 4.65. The minimum atomic E-state index is -0.260. The van der Waals surface area contributed by atoms with Crippen LogP contribution in [0.2, 0.25) is 0 Å². The van der Waals surface area contributed by atoms with Crippen molar-refractivity contribution in [2.24, 2.45) is 0 Å². The van der Waals surface area contributed by atoms with Crippen LogP contribution in [-0.2, 0) is 0 Å². The van der Waals surface area contributed by atoms with Gasteiger partial charge in [-0.25, -0.2) is 4.39 Å². The summed E-state index contributed by atoms with van der Waals surface area (Å²) in [6.45, 7) is 1.17.